The largest absolute Gasteiger partial charge is 0.411 e. The molecule has 0 saturated heterocycles. The van der Waals surface area contributed by atoms with Crippen molar-refractivity contribution in [1.82, 2.24) is 0 Å². The summed E-state index contributed by atoms with van der Waals surface area (Å²) < 4.78 is 5.87. The summed E-state index contributed by atoms with van der Waals surface area (Å²) in [5.74, 6) is 0. The van der Waals surface area contributed by atoms with Crippen molar-refractivity contribution in [2.75, 3.05) is 13.7 Å². The first kappa shape index (κ1) is 10.2. The number of oxime groups is 1. The predicted octanol–water partition coefficient (Wildman–Crippen LogP) is 2.27. The molecule has 0 aliphatic carbocycles. The Bertz CT molecular complexity index is 295. The van der Waals surface area contributed by atoms with Crippen LogP contribution in [-0.2, 0) is 4.74 Å². The summed E-state index contributed by atoms with van der Waals surface area (Å²) in [4.78, 5) is 0. The highest BCUT2D eigenvalue weighted by Gasteiger charge is 2.02. The van der Waals surface area contributed by atoms with Gasteiger partial charge in [-0.05, 0) is 12.1 Å². The second-order valence-electron chi connectivity index (χ2n) is 2.49. The van der Waals surface area contributed by atoms with Crippen molar-refractivity contribution in [1.29, 1.82) is 0 Å². The van der Waals surface area contributed by atoms with E-state index in [0.29, 0.717) is 12.3 Å². The summed E-state index contributed by atoms with van der Waals surface area (Å²) in [6, 6.07) is 7.49. The molecular weight excluding hydrogens is 234 g/mol. The van der Waals surface area contributed by atoms with Gasteiger partial charge in [-0.15, -0.1) is 0 Å². The van der Waals surface area contributed by atoms with Gasteiger partial charge in [-0.3, -0.25) is 0 Å². The summed E-state index contributed by atoms with van der Waals surface area (Å²) in [5.41, 5.74) is 1.38. The van der Waals surface area contributed by atoms with E-state index in [1.165, 1.54) is 0 Å². The van der Waals surface area contributed by atoms with E-state index in [9.17, 15) is 0 Å². The van der Waals surface area contributed by atoms with E-state index >= 15 is 0 Å². The van der Waals surface area contributed by atoms with Gasteiger partial charge in [0.25, 0.3) is 0 Å². The second-order valence-corrected chi connectivity index (χ2v) is 3.40. The topological polar surface area (TPSA) is 41.8 Å². The molecule has 70 valence electrons. The van der Waals surface area contributed by atoms with Crippen LogP contribution in [0.2, 0.25) is 0 Å². The van der Waals surface area contributed by atoms with Crippen molar-refractivity contribution in [3.63, 3.8) is 0 Å². The van der Waals surface area contributed by atoms with Gasteiger partial charge in [0.1, 0.15) is 5.71 Å². The maximum atomic E-state index is 8.68. The average Bonchev–Trinajstić information content (AvgIpc) is 2.16. The zero-order chi connectivity index (χ0) is 9.68. The fraction of sp³-hybridized carbons (Fsp3) is 0.222. The third kappa shape index (κ3) is 2.82. The van der Waals surface area contributed by atoms with Gasteiger partial charge in [-0.1, -0.05) is 33.2 Å². The molecule has 0 saturated carbocycles. The lowest BCUT2D eigenvalue weighted by Crippen LogP contribution is -2.08. The van der Waals surface area contributed by atoms with E-state index in [2.05, 4.69) is 21.1 Å². The SMILES string of the molecule is COCC(=NO)c1ccc(Br)cc1. The summed E-state index contributed by atoms with van der Waals surface area (Å²) >= 11 is 3.32. The van der Waals surface area contributed by atoms with Gasteiger partial charge >= 0.3 is 0 Å². The highest BCUT2D eigenvalue weighted by atomic mass is 79.9. The smallest absolute Gasteiger partial charge is 0.112 e. The molecule has 0 aliphatic rings. The van der Waals surface area contributed by atoms with Crippen LogP contribution in [0.5, 0.6) is 0 Å². The molecule has 0 radical (unpaired) electrons. The van der Waals surface area contributed by atoms with Gasteiger partial charge < -0.3 is 9.94 Å². The molecule has 3 nitrogen and oxygen atoms in total. The van der Waals surface area contributed by atoms with Crippen molar-refractivity contribution in [2.45, 2.75) is 0 Å². The van der Waals surface area contributed by atoms with Crippen molar-refractivity contribution >= 4 is 21.6 Å². The van der Waals surface area contributed by atoms with Crippen LogP contribution < -0.4 is 0 Å². The minimum atomic E-state index is 0.304. The molecule has 0 fully saturated rings. The molecular formula is C9H10BrNO2. The third-order valence-electron chi connectivity index (χ3n) is 1.58. The molecule has 0 atom stereocenters. The monoisotopic (exact) mass is 243 g/mol. The first-order valence-corrected chi connectivity index (χ1v) is 4.53. The van der Waals surface area contributed by atoms with E-state index in [0.717, 1.165) is 10.0 Å². The van der Waals surface area contributed by atoms with E-state index in [1.807, 2.05) is 24.3 Å². The number of ether oxygens (including phenoxy) is 1. The molecule has 13 heavy (non-hydrogen) atoms. The van der Waals surface area contributed by atoms with Gasteiger partial charge in [0.05, 0.1) is 6.61 Å². The molecule has 0 amide bonds. The number of methoxy groups -OCH3 is 1. The van der Waals surface area contributed by atoms with Crippen LogP contribution in [0.15, 0.2) is 33.9 Å². The van der Waals surface area contributed by atoms with Crippen LogP contribution in [0.3, 0.4) is 0 Å². The van der Waals surface area contributed by atoms with Crippen LogP contribution in [-0.4, -0.2) is 24.6 Å². The normalized spacial score (nSPS) is 11.7. The number of hydrogen-bond donors (Lipinski definition) is 1. The Morgan fingerprint density at radius 2 is 2.08 bits per heavy atom. The first-order chi connectivity index (χ1) is 6.27. The Kier molecular flexibility index (Phi) is 3.92. The maximum absolute atomic E-state index is 8.68. The van der Waals surface area contributed by atoms with Gasteiger partial charge in [-0.2, -0.15) is 0 Å². The highest BCUT2D eigenvalue weighted by molar-refractivity contribution is 9.10. The molecule has 0 spiro atoms. The Morgan fingerprint density at radius 3 is 2.54 bits per heavy atom. The Hall–Kier alpha value is -0.870. The lowest BCUT2D eigenvalue weighted by atomic mass is 10.1. The molecule has 0 aromatic heterocycles. The number of nitrogens with zero attached hydrogens (tertiary/aromatic N) is 1. The lowest BCUT2D eigenvalue weighted by molar-refractivity contribution is 0.238. The van der Waals surface area contributed by atoms with Crippen molar-refractivity contribution in [2.24, 2.45) is 5.16 Å². The van der Waals surface area contributed by atoms with Crippen LogP contribution in [0, 0.1) is 0 Å². The molecule has 1 aromatic rings. The number of halogens is 1. The zero-order valence-corrected chi connectivity index (χ0v) is 8.78. The van der Waals surface area contributed by atoms with Crippen LogP contribution in [0.25, 0.3) is 0 Å². The Balaban J connectivity index is 2.87. The fourth-order valence-corrected chi connectivity index (χ4v) is 1.21. The van der Waals surface area contributed by atoms with Crippen molar-refractivity contribution in [3.8, 4) is 0 Å². The highest BCUT2D eigenvalue weighted by Crippen LogP contribution is 2.11. The minimum Gasteiger partial charge on any atom is -0.411 e. The van der Waals surface area contributed by atoms with Gasteiger partial charge in [0.15, 0.2) is 0 Å². The fourth-order valence-electron chi connectivity index (χ4n) is 0.949. The number of rotatable bonds is 3. The standard InChI is InChI=1S/C9H10BrNO2/c1-13-6-9(11-12)7-2-4-8(10)5-3-7/h2-5,12H,6H2,1H3. The summed E-state index contributed by atoms with van der Waals surface area (Å²) in [6.07, 6.45) is 0. The summed E-state index contributed by atoms with van der Waals surface area (Å²) in [6.45, 7) is 0.304. The van der Waals surface area contributed by atoms with Crippen molar-refractivity contribution in [3.05, 3.63) is 34.3 Å². The molecule has 0 bridgehead atoms. The minimum absolute atomic E-state index is 0.304. The molecule has 0 heterocycles. The zero-order valence-electron chi connectivity index (χ0n) is 7.20. The Morgan fingerprint density at radius 1 is 1.46 bits per heavy atom. The maximum Gasteiger partial charge on any atom is 0.112 e. The lowest BCUT2D eigenvalue weighted by Gasteiger charge is -2.02. The van der Waals surface area contributed by atoms with Crippen LogP contribution >= 0.6 is 15.9 Å². The van der Waals surface area contributed by atoms with E-state index < -0.39 is 0 Å². The van der Waals surface area contributed by atoms with Gasteiger partial charge in [0, 0.05) is 17.1 Å². The number of hydrogen-bond acceptors (Lipinski definition) is 3. The quantitative estimate of drug-likeness (QED) is 0.503. The van der Waals surface area contributed by atoms with Crippen LogP contribution in [0.1, 0.15) is 5.56 Å². The van der Waals surface area contributed by atoms with E-state index in [1.54, 1.807) is 7.11 Å². The second kappa shape index (κ2) is 4.99. The van der Waals surface area contributed by atoms with Crippen molar-refractivity contribution < 1.29 is 9.94 Å². The summed E-state index contributed by atoms with van der Waals surface area (Å²) in [7, 11) is 1.56. The van der Waals surface area contributed by atoms with Crippen LogP contribution in [0.4, 0.5) is 0 Å². The first-order valence-electron chi connectivity index (χ1n) is 3.73. The van der Waals surface area contributed by atoms with E-state index in [4.69, 9.17) is 9.94 Å². The molecule has 1 N–H and O–H groups in total. The molecule has 1 rings (SSSR count). The Labute approximate surface area is 85.2 Å². The van der Waals surface area contributed by atoms with Gasteiger partial charge in [0.2, 0.25) is 0 Å². The molecule has 1 aromatic carbocycles. The third-order valence-corrected chi connectivity index (χ3v) is 2.11. The average molecular weight is 244 g/mol. The van der Waals surface area contributed by atoms with Gasteiger partial charge in [-0.25, -0.2) is 0 Å². The molecule has 0 aliphatic heterocycles. The summed E-state index contributed by atoms with van der Waals surface area (Å²) in [5, 5.41) is 11.8. The molecule has 0 unspecified atom stereocenters. The van der Waals surface area contributed by atoms with E-state index in [-0.39, 0.29) is 0 Å². The number of benzene rings is 1. The molecule has 4 heteroatoms. The predicted molar refractivity (Wildman–Crippen MR) is 54.3 cm³/mol.